The maximum atomic E-state index is 3.59. The number of rotatable bonds is 1. The summed E-state index contributed by atoms with van der Waals surface area (Å²) in [5.41, 5.74) is 5.68. The second-order valence-corrected chi connectivity index (χ2v) is 5.21. The van der Waals surface area contributed by atoms with Gasteiger partial charge in [0.15, 0.2) is 0 Å². The van der Waals surface area contributed by atoms with Gasteiger partial charge in [-0.25, -0.2) is 0 Å². The van der Waals surface area contributed by atoms with Crippen LogP contribution >= 0.6 is 0 Å². The van der Waals surface area contributed by atoms with Crippen molar-refractivity contribution < 1.29 is 0 Å². The SMILES string of the molecule is Cc1cc(C)c2c(c1)CC(C(C)C)CN2. The zero-order chi connectivity index (χ0) is 11.0. The van der Waals surface area contributed by atoms with E-state index >= 15 is 0 Å². The lowest BCUT2D eigenvalue weighted by Crippen LogP contribution is -2.27. The summed E-state index contributed by atoms with van der Waals surface area (Å²) in [6, 6.07) is 4.60. The molecule has 1 atom stereocenters. The normalized spacial score (nSPS) is 19.9. The fourth-order valence-corrected chi connectivity index (χ4v) is 2.53. The minimum atomic E-state index is 0.770. The predicted molar refractivity (Wildman–Crippen MR) is 66.4 cm³/mol. The first-order valence-electron chi connectivity index (χ1n) is 5.92. The minimum absolute atomic E-state index is 0.770. The van der Waals surface area contributed by atoms with Gasteiger partial charge in [-0.1, -0.05) is 31.5 Å². The van der Waals surface area contributed by atoms with E-state index in [1.807, 2.05) is 0 Å². The molecular formula is C14H21N. The summed E-state index contributed by atoms with van der Waals surface area (Å²) in [6.07, 6.45) is 1.24. The van der Waals surface area contributed by atoms with Gasteiger partial charge < -0.3 is 5.32 Å². The van der Waals surface area contributed by atoms with Crippen molar-refractivity contribution in [2.24, 2.45) is 11.8 Å². The molecule has 0 aromatic heterocycles. The second-order valence-electron chi connectivity index (χ2n) is 5.21. The highest BCUT2D eigenvalue weighted by atomic mass is 14.9. The van der Waals surface area contributed by atoms with Gasteiger partial charge in [-0.3, -0.25) is 0 Å². The Morgan fingerprint density at radius 1 is 1.27 bits per heavy atom. The summed E-state index contributed by atoms with van der Waals surface area (Å²) in [4.78, 5) is 0. The third-order valence-electron chi connectivity index (χ3n) is 3.53. The number of aryl methyl sites for hydroxylation is 2. The Kier molecular flexibility index (Phi) is 2.72. The van der Waals surface area contributed by atoms with Gasteiger partial charge in [0.1, 0.15) is 0 Å². The van der Waals surface area contributed by atoms with E-state index in [-0.39, 0.29) is 0 Å². The lowest BCUT2D eigenvalue weighted by atomic mass is 9.84. The third-order valence-corrected chi connectivity index (χ3v) is 3.53. The number of fused-ring (bicyclic) bond motifs is 1. The molecule has 1 aliphatic rings. The molecule has 0 spiro atoms. The Balaban J connectivity index is 2.33. The van der Waals surface area contributed by atoms with Crippen LogP contribution in [0.2, 0.25) is 0 Å². The summed E-state index contributed by atoms with van der Waals surface area (Å²) in [7, 11) is 0. The van der Waals surface area contributed by atoms with Crippen LogP contribution in [0.3, 0.4) is 0 Å². The van der Waals surface area contributed by atoms with Crippen molar-refractivity contribution in [2.45, 2.75) is 34.1 Å². The fraction of sp³-hybridized carbons (Fsp3) is 0.571. The first-order chi connectivity index (χ1) is 7.08. The number of benzene rings is 1. The summed E-state index contributed by atoms with van der Waals surface area (Å²) in [6.45, 7) is 10.2. The van der Waals surface area contributed by atoms with Gasteiger partial charge >= 0.3 is 0 Å². The Labute approximate surface area is 92.9 Å². The van der Waals surface area contributed by atoms with Gasteiger partial charge in [0.05, 0.1) is 0 Å². The van der Waals surface area contributed by atoms with Gasteiger partial charge in [0.25, 0.3) is 0 Å². The smallest absolute Gasteiger partial charge is 0.0402 e. The maximum absolute atomic E-state index is 3.59. The van der Waals surface area contributed by atoms with Gasteiger partial charge in [0, 0.05) is 12.2 Å². The van der Waals surface area contributed by atoms with E-state index in [4.69, 9.17) is 0 Å². The summed E-state index contributed by atoms with van der Waals surface area (Å²) < 4.78 is 0. The molecule has 1 nitrogen and oxygen atoms in total. The molecule has 82 valence electrons. The lowest BCUT2D eigenvalue weighted by molar-refractivity contribution is 0.393. The molecule has 1 aromatic rings. The molecule has 0 radical (unpaired) electrons. The maximum Gasteiger partial charge on any atom is 0.0402 e. The van der Waals surface area contributed by atoms with Crippen LogP contribution in [0.25, 0.3) is 0 Å². The van der Waals surface area contributed by atoms with Gasteiger partial charge in [-0.15, -0.1) is 0 Å². The molecule has 0 bridgehead atoms. The van der Waals surface area contributed by atoms with Crippen molar-refractivity contribution in [3.63, 3.8) is 0 Å². The Morgan fingerprint density at radius 2 is 2.00 bits per heavy atom. The fourth-order valence-electron chi connectivity index (χ4n) is 2.53. The first kappa shape index (κ1) is 10.5. The molecule has 0 fully saturated rings. The highest BCUT2D eigenvalue weighted by molar-refractivity contribution is 5.60. The van der Waals surface area contributed by atoms with Crippen molar-refractivity contribution in [3.8, 4) is 0 Å². The Bertz CT molecular complexity index is 366. The van der Waals surface area contributed by atoms with Crippen LogP contribution in [0.4, 0.5) is 5.69 Å². The summed E-state index contributed by atoms with van der Waals surface area (Å²) in [5.74, 6) is 1.56. The molecule has 1 heterocycles. The molecule has 0 aliphatic carbocycles. The summed E-state index contributed by atoms with van der Waals surface area (Å²) >= 11 is 0. The number of anilines is 1. The van der Waals surface area contributed by atoms with E-state index in [0.29, 0.717) is 0 Å². The monoisotopic (exact) mass is 203 g/mol. The van der Waals surface area contributed by atoms with Crippen LogP contribution in [0.5, 0.6) is 0 Å². The molecule has 1 aliphatic heterocycles. The molecule has 2 rings (SSSR count). The number of hydrogen-bond acceptors (Lipinski definition) is 1. The average Bonchev–Trinajstić information content (AvgIpc) is 2.16. The van der Waals surface area contributed by atoms with Crippen molar-refractivity contribution in [1.29, 1.82) is 0 Å². The quantitative estimate of drug-likeness (QED) is 0.736. The van der Waals surface area contributed by atoms with E-state index < -0.39 is 0 Å². The number of hydrogen-bond donors (Lipinski definition) is 1. The second kappa shape index (κ2) is 3.88. The standard InChI is InChI=1S/C14H21N/c1-9(2)13-7-12-6-10(3)5-11(4)14(12)15-8-13/h5-6,9,13,15H,7-8H2,1-4H3. The van der Waals surface area contributed by atoms with Crippen LogP contribution in [0, 0.1) is 25.7 Å². The molecule has 0 saturated heterocycles. The van der Waals surface area contributed by atoms with Crippen LogP contribution < -0.4 is 5.32 Å². The highest BCUT2D eigenvalue weighted by Crippen LogP contribution is 2.31. The minimum Gasteiger partial charge on any atom is -0.384 e. The van der Waals surface area contributed by atoms with Crippen molar-refractivity contribution >= 4 is 5.69 Å². The predicted octanol–water partition coefficient (Wildman–Crippen LogP) is 3.54. The van der Waals surface area contributed by atoms with Crippen LogP contribution in [0.1, 0.15) is 30.5 Å². The van der Waals surface area contributed by atoms with E-state index in [2.05, 4.69) is 45.1 Å². The highest BCUT2D eigenvalue weighted by Gasteiger charge is 2.21. The van der Waals surface area contributed by atoms with Gasteiger partial charge in [-0.05, 0) is 43.2 Å². The molecule has 1 heteroatoms. The van der Waals surface area contributed by atoms with Crippen LogP contribution in [0.15, 0.2) is 12.1 Å². The molecule has 15 heavy (non-hydrogen) atoms. The van der Waals surface area contributed by atoms with E-state index in [9.17, 15) is 0 Å². The zero-order valence-corrected chi connectivity index (χ0v) is 10.2. The van der Waals surface area contributed by atoms with Gasteiger partial charge in [-0.2, -0.15) is 0 Å². The summed E-state index contributed by atoms with van der Waals surface area (Å²) in [5, 5.41) is 3.59. The molecule has 1 aromatic carbocycles. The average molecular weight is 203 g/mol. The molecular weight excluding hydrogens is 182 g/mol. The third kappa shape index (κ3) is 2.01. The van der Waals surface area contributed by atoms with Crippen molar-refractivity contribution in [3.05, 3.63) is 28.8 Å². The lowest BCUT2D eigenvalue weighted by Gasteiger charge is -2.30. The topological polar surface area (TPSA) is 12.0 Å². The van der Waals surface area contributed by atoms with E-state index in [0.717, 1.165) is 18.4 Å². The first-order valence-corrected chi connectivity index (χ1v) is 5.92. The zero-order valence-electron chi connectivity index (χ0n) is 10.2. The van der Waals surface area contributed by atoms with Gasteiger partial charge in [0.2, 0.25) is 0 Å². The molecule has 1 unspecified atom stereocenters. The largest absolute Gasteiger partial charge is 0.384 e. The van der Waals surface area contributed by atoms with Crippen molar-refractivity contribution in [2.75, 3.05) is 11.9 Å². The van der Waals surface area contributed by atoms with Crippen LogP contribution in [-0.4, -0.2) is 6.54 Å². The molecule has 0 amide bonds. The van der Waals surface area contributed by atoms with E-state index in [1.54, 1.807) is 0 Å². The Morgan fingerprint density at radius 3 is 2.67 bits per heavy atom. The number of nitrogens with one attached hydrogen (secondary N) is 1. The molecule has 0 saturated carbocycles. The van der Waals surface area contributed by atoms with Crippen LogP contribution in [-0.2, 0) is 6.42 Å². The van der Waals surface area contributed by atoms with E-state index in [1.165, 1.54) is 28.8 Å². The molecule has 1 N–H and O–H groups in total. The Hall–Kier alpha value is -0.980. The van der Waals surface area contributed by atoms with Crippen molar-refractivity contribution in [1.82, 2.24) is 0 Å².